The van der Waals surface area contributed by atoms with E-state index in [9.17, 15) is 0 Å². The van der Waals surface area contributed by atoms with Crippen LogP contribution in [0.15, 0.2) is 132 Å². The molecule has 5 nitrogen and oxygen atoms in total. The highest BCUT2D eigenvalue weighted by molar-refractivity contribution is 6.37. The largest absolute Gasteiger partial charge is 0.484 e. The first-order chi connectivity index (χ1) is 26.1. The lowest BCUT2D eigenvalue weighted by molar-refractivity contribution is 0.301. The molecule has 4 heterocycles. The Balaban J connectivity index is 1.20. The minimum Gasteiger partial charge on any atom is -0.484 e. The van der Waals surface area contributed by atoms with Gasteiger partial charge in [0.1, 0.15) is 29.2 Å². The molecule has 3 aliphatic rings. The van der Waals surface area contributed by atoms with Crippen molar-refractivity contribution in [2.75, 3.05) is 0 Å². The van der Waals surface area contributed by atoms with Gasteiger partial charge in [0.25, 0.3) is 0 Å². The second kappa shape index (κ2) is 9.38. The lowest BCUT2D eigenvalue weighted by atomic mass is 9.82. The number of hydrogen-bond acceptors (Lipinski definition) is 4. The van der Waals surface area contributed by atoms with Gasteiger partial charge in [0.05, 0.1) is 11.0 Å². The molecule has 1 aliphatic heterocycles. The minimum absolute atomic E-state index is 0.151. The van der Waals surface area contributed by atoms with E-state index in [1.54, 1.807) is 0 Å². The highest BCUT2D eigenvalue weighted by atomic mass is 16.5. The van der Waals surface area contributed by atoms with E-state index >= 15 is 0 Å². The molecular formula is C48H29N3O2. The third-order valence-corrected chi connectivity index (χ3v) is 12.2. The average molecular weight is 680 g/mol. The second-order valence-electron chi connectivity index (χ2n) is 15.2. The molecule has 0 amide bonds. The first-order valence-electron chi connectivity index (χ1n) is 18.3. The predicted octanol–water partition coefficient (Wildman–Crippen LogP) is 12.1. The highest BCUT2D eigenvalue weighted by Crippen LogP contribution is 2.55. The maximum Gasteiger partial charge on any atom is 0.236 e. The summed E-state index contributed by atoms with van der Waals surface area (Å²) in [6.07, 6.45) is 0. The zero-order chi connectivity index (χ0) is 34.7. The van der Waals surface area contributed by atoms with Gasteiger partial charge in [0.2, 0.25) is 5.95 Å². The summed E-state index contributed by atoms with van der Waals surface area (Å²) in [6.45, 7) is 5.11. The van der Waals surface area contributed by atoms with Crippen molar-refractivity contribution in [3.8, 4) is 56.5 Å². The van der Waals surface area contributed by atoms with Crippen molar-refractivity contribution in [2.45, 2.75) is 25.9 Å². The Hall–Kier alpha value is -6.72. The maximum absolute atomic E-state index is 6.70. The maximum atomic E-state index is 6.70. The van der Waals surface area contributed by atoms with E-state index in [0.717, 1.165) is 66.8 Å². The molecule has 13 rings (SSSR count). The normalized spacial score (nSPS) is 14.5. The van der Waals surface area contributed by atoms with Gasteiger partial charge in [-0.05, 0) is 74.0 Å². The van der Waals surface area contributed by atoms with E-state index in [1.807, 2.05) is 0 Å². The van der Waals surface area contributed by atoms with Gasteiger partial charge in [0, 0.05) is 38.1 Å². The molecule has 0 saturated heterocycles. The minimum atomic E-state index is -0.151. The summed E-state index contributed by atoms with van der Waals surface area (Å²) in [5, 5.41) is 7.14. The smallest absolute Gasteiger partial charge is 0.236 e. The van der Waals surface area contributed by atoms with Crippen molar-refractivity contribution in [2.24, 2.45) is 0 Å². The van der Waals surface area contributed by atoms with Crippen LogP contribution >= 0.6 is 0 Å². The lowest BCUT2D eigenvalue weighted by Crippen LogP contribution is -2.15. The van der Waals surface area contributed by atoms with E-state index < -0.39 is 0 Å². The van der Waals surface area contributed by atoms with Crippen LogP contribution in [0.25, 0.3) is 105 Å². The van der Waals surface area contributed by atoms with Gasteiger partial charge in [-0.3, -0.25) is 4.57 Å². The summed E-state index contributed by atoms with van der Waals surface area (Å²) in [4.78, 5) is 11.1. The van der Waals surface area contributed by atoms with Crippen LogP contribution in [0, 0.1) is 0 Å². The molecule has 0 saturated carbocycles. The quantitative estimate of drug-likeness (QED) is 0.182. The van der Waals surface area contributed by atoms with E-state index in [1.165, 1.54) is 54.9 Å². The van der Waals surface area contributed by atoms with Crippen LogP contribution in [0.3, 0.4) is 0 Å². The molecule has 0 fully saturated rings. The van der Waals surface area contributed by atoms with E-state index in [4.69, 9.17) is 19.1 Å². The molecule has 0 N–H and O–H groups in total. The predicted molar refractivity (Wildman–Crippen MR) is 213 cm³/mol. The number of fused-ring (bicyclic) bond motifs is 7. The van der Waals surface area contributed by atoms with Crippen molar-refractivity contribution in [3.05, 3.63) is 144 Å². The lowest BCUT2D eigenvalue weighted by Gasteiger charge is -2.24. The Kier molecular flexibility index (Phi) is 4.94. The van der Waals surface area contributed by atoms with Crippen LogP contribution in [0.2, 0.25) is 0 Å². The summed E-state index contributed by atoms with van der Waals surface area (Å²) >= 11 is 0. The van der Waals surface area contributed by atoms with E-state index in [-0.39, 0.29) is 5.41 Å². The molecule has 0 bridgehead atoms. The van der Waals surface area contributed by atoms with Gasteiger partial charge in [-0.1, -0.05) is 117 Å². The molecule has 10 aromatic rings. The van der Waals surface area contributed by atoms with Crippen LogP contribution in [0.1, 0.15) is 30.5 Å². The Bertz CT molecular complexity index is 3330. The zero-order valence-electron chi connectivity index (χ0n) is 29.0. The summed E-state index contributed by atoms with van der Waals surface area (Å²) in [6, 6.07) is 45.8. The number of hydrogen-bond donors (Lipinski definition) is 0. The fourth-order valence-electron chi connectivity index (χ4n) is 9.96. The Morgan fingerprint density at radius 3 is 2.06 bits per heavy atom. The Labute approximate surface area is 303 Å². The van der Waals surface area contributed by atoms with Crippen molar-refractivity contribution in [1.29, 1.82) is 0 Å². The van der Waals surface area contributed by atoms with Crippen LogP contribution in [-0.4, -0.2) is 14.5 Å². The van der Waals surface area contributed by atoms with Gasteiger partial charge in [0.15, 0.2) is 5.75 Å². The number of aromatic nitrogens is 3. The molecule has 248 valence electrons. The SMILES string of the molecule is CC1(C)c2ccccc2-c2c(-c3nc(-n4c5ccc6cccc7c6c5c5c6c(ccc54)oc4cccc-7c46)nc4c3OCc3ccccc3-4)cccc21. The monoisotopic (exact) mass is 679 g/mol. The average Bonchev–Trinajstić information content (AvgIpc) is 3.79. The number of benzene rings is 7. The molecular weight excluding hydrogens is 651 g/mol. The molecule has 0 spiro atoms. The third kappa shape index (κ3) is 3.30. The van der Waals surface area contributed by atoms with E-state index in [2.05, 4.69) is 146 Å². The summed E-state index contributed by atoms with van der Waals surface area (Å²) in [7, 11) is 0. The standard InChI is InChI=1S/C48H29N3O2/c1-48(2)32-17-6-5-13-30(32)39-31(16-8-18-33(39)48)45-46-44(27-12-4-3-10-26(27)24-52-46)49-47(50-45)51-34-21-20-25-11-7-14-28-29-15-9-19-36-40(29)43-37(53-36)23-22-35(51)42(43)41(34)38(25)28/h3-23H,24H2,1-2H3. The summed E-state index contributed by atoms with van der Waals surface area (Å²) < 4.78 is 15.5. The van der Waals surface area contributed by atoms with Crippen LogP contribution < -0.4 is 4.74 Å². The van der Waals surface area contributed by atoms with Gasteiger partial charge in [-0.25, -0.2) is 9.97 Å². The number of furan rings is 1. The third-order valence-electron chi connectivity index (χ3n) is 12.2. The fraction of sp³-hybridized carbons (Fsp3) is 0.0833. The number of rotatable bonds is 2. The number of ether oxygens (including phenoxy) is 1. The van der Waals surface area contributed by atoms with Gasteiger partial charge < -0.3 is 9.15 Å². The number of nitrogens with zero attached hydrogens (tertiary/aromatic N) is 3. The summed E-state index contributed by atoms with van der Waals surface area (Å²) in [5.41, 5.74) is 16.1. The van der Waals surface area contributed by atoms with Gasteiger partial charge in [-0.2, -0.15) is 0 Å². The zero-order valence-corrected chi connectivity index (χ0v) is 29.0. The molecule has 53 heavy (non-hydrogen) atoms. The molecule has 5 heteroatoms. The Morgan fingerprint density at radius 2 is 1.17 bits per heavy atom. The molecule has 0 unspecified atom stereocenters. The molecule has 7 aromatic carbocycles. The molecule has 2 aliphatic carbocycles. The van der Waals surface area contributed by atoms with Crippen LogP contribution in [-0.2, 0) is 12.0 Å². The van der Waals surface area contributed by atoms with Gasteiger partial charge >= 0.3 is 0 Å². The Morgan fingerprint density at radius 1 is 0.528 bits per heavy atom. The van der Waals surface area contributed by atoms with E-state index in [0.29, 0.717) is 12.6 Å². The second-order valence-corrected chi connectivity index (χ2v) is 15.2. The van der Waals surface area contributed by atoms with Crippen LogP contribution in [0.5, 0.6) is 5.75 Å². The van der Waals surface area contributed by atoms with Crippen molar-refractivity contribution in [1.82, 2.24) is 14.5 Å². The fourth-order valence-corrected chi connectivity index (χ4v) is 9.96. The highest BCUT2D eigenvalue weighted by Gasteiger charge is 2.38. The molecule has 0 atom stereocenters. The topological polar surface area (TPSA) is 53.1 Å². The van der Waals surface area contributed by atoms with Crippen molar-refractivity contribution in [3.63, 3.8) is 0 Å². The van der Waals surface area contributed by atoms with Gasteiger partial charge in [-0.15, -0.1) is 0 Å². The summed E-state index contributed by atoms with van der Waals surface area (Å²) in [5.74, 6) is 1.34. The molecule has 3 aromatic heterocycles. The molecule has 0 radical (unpaired) electrons. The van der Waals surface area contributed by atoms with Crippen LogP contribution in [0.4, 0.5) is 0 Å². The van der Waals surface area contributed by atoms with Crippen molar-refractivity contribution < 1.29 is 9.15 Å². The first-order valence-corrected chi connectivity index (χ1v) is 18.3. The first kappa shape index (κ1) is 27.9. The van der Waals surface area contributed by atoms with Crippen molar-refractivity contribution >= 4 is 54.5 Å².